The maximum absolute atomic E-state index is 5.99. The normalized spacial score (nSPS) is 12.1. The molecule has 0 saturated heterocycles. The van der Waals surface area contributed by atoms with Crippen molar-refractivity contribution >= 4 is 66.9 Å². The topological polar surface area (TPSA) is 37.9 Å². The Balaban J connectivity index is 1.18. The van der Waals surface area contributed by atoms with Gasteiger partial charge in [-0.2, -0.15) is 0 Å². The second-order valence-electron chi connectivity index (χ2n) is 9.15. The van der Waals surface area contributed by atoms with E-state index in [1.54, 1.807) is 12.4 Å². The van der Waals surface area contributed by atoms with E-state index in [2.05, 4.69) is 84.9 Å². The third kappa shape index (κ3) is 4.07. The molecule has 6 aromatic carbocycles. The van der Waals surface area contributed by atoms with E-state index in [0.29, 0.717) is 11.5 Å². The first-order chi connectivity index (χ1) is 18.3. The molecule has 7 aromatic rings. The highest BCUT2D eigenvalue weighted by Gasteiger charge is 2.05. The summed E-state index contributed by atoms with van der Waals surface area (Å²) in [6, 6.07) is 41.8. The lowest BCUT2D eigenvalue weighted by Crippen LogP contribution is -1.80. The quantitative estimate of drug-likeness (QED) is 0.185. The molecule has 1 heterocycles. The molecule has 0 saturated carbocycles. The van der Waals surface area contributed by atoms with Gasteiger partial charge >= 0.3 is 0 Å². The van der Waals surface area contributed by atoms with Crippen molar-refractivity contribution in [1.82, 2.24) is 0 Å². The molecular weight excluding hydrogens is 452 g/mol. The van der Waals surface area contributed by atoms with Crippen molar-refractivity contribution in [2.75, 3.05) is 0 Å². The van der Waals surface area contributed by atoms with Crippen LogP contribution in [-0.2, 0) is 0 Å². The number of nitrogens with zero attached hydrogens (tertiary/aromatic N) is 2. The van der Waals surface area contributed by atoms with Gasteiger partial charge in [0.05, 0.1) is 23.8 Å². The molecule has 37 heavy (non-hydrogen) atoms. The van der Waals surface area contributed by atoms with E-state index in [1.807, 2.05) is 36.4 Å². The van der Waals surface area contributed by atoms with Gasteiger partial charge in [-0.15, -0.1) is 0 Å². The van der Waals surface area contributed by atoms with Crippen molar-refractivity contribution in [2.24, 2.45) is 9.98 Å². The Morgan fingerprint density at radius 1 is 0.405 bits per heavy atom. The molecule has 0 aliphatic carbocycles. The summed E-state index contributed by atoms with van der Waals surface area (Å²) in [4.78, 5) is 9.50. The molecule has 0 bridgehead atoms. The van der Waals surface area contributed by atoms with E-state index in [1.165, 1.54) is 32.3 Å². The van der Waals surface area contributed by atoms with Crippen molar-refractivity contribution in [3.8, 4) is 0 Å². The largest absolute Gasteiger partial charge is 0.454 e. The fourth-order valence-electron chi connectivity index (χ4n) is 4.90. The monoisotopic (exact) mass is 474 g/mol. The van der Waals surface area contributed by atoms with Crippen molar-refractivity contribution in [2.45, 2.75) is 0 Å². The van der Waals surface area contributed by atoms with Crippen LogP contribution >= 0.6 is 0 Å². The molecule has 0 spiro atoms. The average molecular weight is 475 g/mol. The average Bonchev–Trinajstić information content (AvgIpc) is 3.40. The highest BCUT2D eigenvalue weighted by Crippen LogP contribution is 2.31. The van der Waals surface area contributed by atoms with Crippen LogP contribution in [0, 0.1) is 0 Å². The lowest BCUT2D eigenvalue weighted by molar-refractivity contribution is 0.553. The molecule has 0 radical (unpaired) electrons. The van der Waals surface area contributed by atoms with Crippen molar-refractivity contribution in [3.63, 3.8) is 0 Å². The highest BCUT2D eigenvalue weighted by molar-refractivity contribution is 6.05. The van der Waals surface area contributed by atoms with Gasteiger partial charge in [0.25, 0.3) is 0 Å². The predicted octanol–water partition coefficient (Wildman–Crippen LogP) is 9.39. The Labute approximate surface area is 214 Å². The Morgan fingerprint density at radius 3 is 1.27 bits per heavy atom. The van der Waals surface area contributed by atoms with Gasteiger partial charge in [-0.05, 0) is 80.8 Å². The minimum Gasteiger partial charge on any atom is -0.454 e. The molecule has 7 rings (SSSR count). The first-order valence-corrected chi connectivity index (χ1v) is 12.3. The second-order valence-corrected chi connectivity index (χ2v) is 9.15. The van der Waals surface area contributed by atoms with Gasteiger partial charge in [0.15, 0.2) is 0 Å². The molecule has 1 aromatic heterocycles. The number of fused-ring (bicyclic) bond motifs is 4. The van der Waals surface area contributed by atoms with Crippen LogP contribution in [0.2, 0.25) is 0 Å². The van der Waals surface area contributed by atoms with Gasteiger partial charge < -0.3 is 4.42 Å². The third-order valence-electron chi connectivity index (χ3n) is 6.76. The molecular formula is C34H22N2O. The van der Waals surface area contributed by atoms with Crippen LogP contribution in [0.15, 0.2) is 136 Å². The molecule has 0 aliphatic rings. The van der Waals surface area contributed by atoms with Crippen LogP contribution in [0.4, 0.5) is 11.4 Å². The first kappa shape index (κ1) is 21.3. The summed E-state index contributed by atoms with van der Waals surface area (Å²) in [6.07, 6.45) is 3.54. The summed E-state index contributed by atoms with van der Waals surface area (Å²) in [5.41, 5.74) is 1.83. The van der Waals surface area contributed by atoms with E-state index in [-0.39, 0.29) is 0 Å². The maximum atomic E-state index is 5.99. The summed E-state index contributed by atoms with van der Waals surface area (Å²) < 4.78 is 5.99. The molecule has 174 valence electrons. The predicted molar refractivity (Wildman–Crippen MR) is 156 cm³/mol. The summed E-state index contributed by atoms with van der Waals surface area (Å²) in [5, 5.41) is 9.44. The van der Waals surface area contributed by atoms with Gasteiger partial charge in [-0.25, -0.2) is 0 Å². The van der Waals surface area contributed by atoms with Gasteiger partial charge in [-0.3, -0.25) is 9.98 Å². The number of furan rings is 1. The van der Waals surface area contributed by atoms with E-state index < -0.39 is 0 Å². The minimum atomic E-state index is 0.683. The van der Waals surface area contributed by atoms with E-state index in [9.17, 15) is 0 Å². The van der Waals surface area contributed by atoms with Gasteiger partial charge in [0, 0.05) is 10.8 Å². The van der Waals surface area contributed by atoms with Crippen LogP contribution in [0.25, 0.3) is 43.1 Å². The van der Waals surface area contributed by atoms with Gasteiger partial charge in [-0.1, -0.05) is 72.8 Å². The van der Waals surface area contributed by atoms with Crippen LogP contribution in [0.3, 0.4) is 0 Å². The van der Waals surface area contributed by atoms with Crippen molar-refractivity contribution < 1.29 is 4.42 Å². The van der Waals surface area contributed by atoms with Crippen LogP contribution in [-0.4, -0.2) is 12.4 Å². The number of rotatable bonds is 4. The standard InChI is InChI=1S/C34H22N2O/c1-3-9-25-19-31-27(17-23(25)7-1)11-5-13-33(31)35-21-29-15-16-30(37-29)22-36-34-14-6-12-28-18-24-8-2-4-10-26(24)20-32(28)34/h1-22H. The zero-order valence-corrected chi connectivity index (χ0v) is 20.0. The summed E-state index contributed by atoms with van der Waals surface area (Å²) in [7, 11) is 0. The molecule has 0 unspecified atom stereocenters. The first-order valence-electron chi connectivity index (χ1n) is 12.3. The van der Waals surface area contributed by atoms with E-state index in [0.717, 1.165) is 22.1 Å². The Kier molecular flexibility index (Phi) is 5.11. The molecule has 0 atom stereocenters. The number of hydrogen-bond acceptors (Lipinski definition) is 3. The Hall–Kier alpha value is -5.02. The minimum absolute atomic E-state index is 0.683. The molecule has 0 amide bonds. The smallest absolute Gasteiger partial charge is 0.145 e. The summed E-state index contributed by atoms with van der Waals surface area (Å²) in [5.74, 6) is 1.37. The van der Waals surface area contributed by atoms with E-state index >= 15 is 0 Å². The lowest BCUT2D eigenvalue weighted by Gasteiger charge is -2.05. The van der Waals surface area contributed by atoms with Crippen molar-refractivity contribution in [1.29, 1.82) is 0 Å². The van der Waals surface area contributed by atoms with Crippen molar-refractivity contribution in [3.05, 3.63) is 133 Å². The Morgan fingerprint density at radius 2 is 0.811 bits per heavy atom. The molecule has 0 N–H and O–H groups in total. The second kappa shape index (κ2) is 8.89. The number of benzene rings is 6. The van der Waals surface area contributed by atoms with Crippen LogP contribution in [0.5, 0.6) is 0 Å². The fourth-order valence-corrected chi connectivity index (χ4v) is 4.90. The number of hydrogen-bond donors (Lipinski definition) is 0. The summed E-state index contributed by atoms with van der Waals surface area (Å²) in [6.45, 7) is 0. The highest BCUT2D eigenvalue weighted by atomic mass is 16.3. The zero-order valence-electron chi connectivity index (χ0n) is 20.0. The molecule has 3 heteroatoms. The van der Waals surface area contributed by atoms with Gasteiger partial charge in [0.1, 0.15) is 11.5 Å². The fraction of sp³-hybridized carbons (Fsp3) is 0. The zero-order chi connectivity index (χ0) is 24.6. The summed E-state index contributed by atoms with van der Waals surface area (Å²) >= 11 is 0. The molecule has 0 aliphatic heterocycles. The lowest BCUT2D eigenvalue weighted by atomic mass is 10.0. The number of aliphatic imine (C=N–C) groups is 2. The molecule has 0 fully saturated rings. The van der Waals surface area contributed by atoms with Crippen LogP contribution < -0.4 is 0 Å². The van der Waals surface area contributed by atoms with E-state index in [4.69, 9.17) is 14.4 Å². The SMILES string of the molecule is C(=Nc1cccc2cc3ccccc3cc12)c1ccc(C=Nc2cccc3cc4ccccc4cc23)o1. The Bertz CT molecular complexity index is 1850. The maximum Gasteiger partial charge on any atom is 0.145 e. The third-order valence-corrected chi connectivity index (χ3v) is 6.76. The molecule has 3 nitrogen and oxygen atoms in total. The van der Waals surface area contributed by atoms with Gasteiger partial charge in [0.2, 0.25) is 0 Å². The van der Waals surface area contributed by atoms with Crippen LogP contribution in [0.1, 0.15) is 11.5 Å².